The van der Waals surface area contributed by atoms with Gasteiger partial charge in [0.2, 0.25) is 0 Å². The summed E-state index contributed by atoms with van der Waals surface area (Å²) in [5.74, 6) is -1.07. The number of nitrogens with one attached hydrogen (secondary N) is 2. The number of hydrazine groups is 1. The molecule has 2 atom stereocenters. The Bertz CT molecular complexity index is 1280. The van der Waals surface area contributed by atoms with Crippen LogP contribution in [-0.2, 0) is 11.3 Å². The van der Waals surface area contributed by atoms with Crippen LogP contribution >= 0.6 is 0 Å². The van der Waals surface area contributed by atoms with Crippen LogP contribution in [0.1, 0.15) is 24.1 Å². The Labute approximate surface area is 214 Å². The maximum atomic E-state index is 13.6. The molecule has 0 fully saturated rings. The molecule has 3 aromatic rings. The molecule has 1 aromatic heterocycles. The van der Waals surface area contributed by atoms with Crippen molar-refractivity contribution in [2.24, 2.45) is 0 Å². The van der Waals surface area contributed by atoms with E-state index < -0.39 is 18.1 Å². The summed E-state index contributed by atoms with van der Waals surface area (Å²) >= 11 is 0. The zero-order valence-electron chi connectivity index (χ0n) is 20.7. The van der Waals surface area contributed by atoms with Crippen molar-refractivity contribution >= 4 is 23.3 Å². The monoisotopic (exact) mass is 506 g/mol. The summed E-state index contributed by atoms with van der Waals surface area (Å²) in [7, 11) is 3.49. The Morgan fingerprint density at radius 1 is 1.05 bits per heavy atom. The zero-order chi connectivity index (χ0) is 26.5. The topological polar surface area (TPSA) is 80.8 Å². The van der Waals surface area contributed by atoms with Crippen molar-refractivity contribution in [3.8, 4) is 0 Å². The lowest BCUT2D eigenvalue weighted by atomic mass is 10.0. The molecular weight excluding hydrogens is 478 g/mol. The molecule has 0 bridgehead atoms. The van der Waals surface area contributed by atoms with Gasteiger partial charge in [-0.05, 0) is 73.6 Å². The van der Waals surface area contributed by atoms with Gasteiger partial charge < -0.3 is 15.1 Å². The summed E-state index contributed by atoms with van der Waals surface area (Å²) in [5, 5.41) is 3.97. The highest BCUT2D eigenvalue weighted by Crippen LogP contribution is 2.30. The quantitative estimate of drug-likeness (QED) is 0.477. The normalized spacial score (nSPS) is 16.0. The molecule has 0 radical (unpaired) electrons. The minimum Gasteiger partial charge on any atom is -0.343 e. The van der Waals surface area contributed by atoms with Crippen molar-refractivity contribution in [1.82, 2.24) is 25.6 Å². The second-order valence-electron chi connectivity index (χ2n) is 8.69. The van der Waals surface area contributed by atoms with Crippen molar-refractivity contribution in [3.63, 3.8) is 0 Å². The van der Waals surface area contributed by atoms with E-state index in [0.717, 1.165) is 21.9 Å². The van der Waals surface area contributed by atoms with Gasteiger partial charge in [-0.3, -0.25) is 15.2 Å². The summed E-state index contributed by atoms with van der Waals surface area (Å²) < 4.78 is 26.9. The molecular formula is C27H28F2N6O2. The number of anilines is 2. The largest absolute Gasteiger partial charge is 0.344 e. The lowest BCUT2D eigenvalue weighted by Gasteiger charge is -2.38. The lowest BCUT2D eigenvalue weighted by molar-refractivity contribution is -0.125. The number of carbonyl (C=O) groups excluding carboxylic acids is 2. The van der Waals surface area contributed by atoms with E-state index in [1.54, 1.807) is 61.6 Å². The first-order chi connectivity index (χ1) is 17.8. The number of aromatic nitrogens is 1. The number of hydrogen-bond acceptors (Lipinski definition) is 5. The number of hydrogen-bond donors (Lipinski definition) is 2. The second kappa shape index (κ2) is 11.2. The molecule has 4 rings (SSSR count). The summed E-state index contributed by atoms with van der Waals surface area (Å²) in [6.45, 7) is 1.85. The molecule has 37 heavy (non-hydrogen) atoms. The molecule has 0 saturated carbocycles. The molecule has 2 heterocycles. The fraction of sp³-hybridized carbons (Fsp3) is 0.222. The lowest BCUT2D eigenvalue weighted by Crippen LogP contribution is -2.55. The average Bonchev–Trinajstić information content (AvgIpc) is 2.91. The van der Waals surface area contributed by atoms with E-state index in [4.69, 9.17) is 0 Å². The van der Waals surface area contributed by atoms with Crippen LogP contribution < -0.4 is 15.6 Å². The van der Waals surface area contributed by atoms with Gasteiger partial charge in [-0.2, -0.15) is 0 Å². The standard InChI is InChI=1S/C27H28F2N6O2/c1-18(30-2)26(36)32-35-13-12-25(20-4-6-21(28)7-5-20)34(27(35)37)17-19-14-24(16-31-15-19)33(3)23-10-8-22(29)9-11-23/h4-16,18,25,30H,17H2,1-3H3,(H,32,36)/t18?,25-/m0/s1. The molecule has 2 N–H and O–H groups in total. The van der Waals surface area contributed by atoms with Crippen LogP contribution in [0.15, 0.2) is 79.3 Å². The molecule has 2 aromatic carbocycles. The maximum Gasteiger partial charge on any atom is 0.344 e. The van der Waals surface area contributed by atoms with Crippen LogP contribution in [0, 0.1) is 11.6 Å². The second-order valence-corrected chi connectivity index (χ2v) is 8.69. The predicted octanol–water partition coefficient (Wildman–Crippen LogP) is 4.26. The number of carbonyl (C=O) groups is 2. The van der Waals surface area contributed by atoms with Crippen LogP contribution in [0.4, 0.5) is 25.0 Å². The van der Waals surface area contributed by atoms with E-state index in [1.165, 1.54) is 30.5 Å². The first-order valence-electron chi connectivity index (χ1n) is 11.7. The highest BCUT2D eigenvalue weighted by atomic mass is 19.1. The van der Waals surface area contributed by atoms with Gasteiger partial charge in [0.25, 0.3) is 5.91 Å². The van der Waals surface area contributed by atoms with Gasteiger partial charge in [-0.25, -0.2) is 18.6 Å². The highest BCUT2D eigenvalue weighted by molar-refractivity contribution is 5.85. The number of benzene rings is 2. The van der Waals surface area contributed by atoms with E-state index in [-0.39, 0.29) is 24.1 Å². The van der Waals surface area contributed by atoms with Gasteiger partial charge in [0.05, 0.1) is 30.5 Å². The predicted molar refractivity (Wildman–Crippen MR) is 136 cm³/mol. The third kappa shape index (κ3) is 5.92. The first kappa shape index (κ1) is 25.8. The molecule has 8 nitrogen and oxygen atoms in total. The van der Waals surface area contributed by atoms with Crippen molar-refractivity contribution in [3.05, 3.63) is 102 Å². The van der Waals surface area contributed by atoms with Crippen LogP contribution in [-0.4, -0.2) is 47.0 Å². The number of rotatable bonds is 8. The fourth-order valence-electron chi connectivity index (χ4n) is 3.90. The minimum absolute atomic E-state index is 0.164. The fourth-order valence-corrected chi connectivity index (χ4v) is 3.90. The number of amides is 3. The SMILES string of the molecule is CNC(C)C(=O)NN1C=C[C@@H](c2ccc(F)cc2)N(Cc2cncc(N(C)c3ccc(F)cc3)c2)C1=O. The molecule has 0 saturated heterocycles. The third-order valence-electron chi connectivity index (χ3n) is 6.21. The van der Waals surface area contributed by atoms with Gasteiger partial charge in [0.1, 0.15) is 11.6 Å². The van der Waals surface area contributed by atoms with E-state index in [1.807, 2.05) is 18.0 Å². The van der Waals surface area contributed by atoms with E-state index in [0.29, 0.717) is 5.56 Å². The summed E-state index contributed by atoms with van der Waals surface area (Å²) in [4.78, 5) is 33.7. The van der Waals surface area contributed by atoms with E-state index in [9.17, 15) is 18.4 Å². The molecule has 10 heteroatoms. The molecule has 1 aliphatic heterocycles. The average molecular weight is 507 g/mol. The Balaban J connectivity index is 1.62. The molecule has 1 aliphatic rings. The number of pyridine rings is 1. The molecule has 1 unspecified atom stereocenters. The minimum atomic E-state index is -0.507. The van der Waals surface area contributed by atoms with Gasteiger partial charge in [-0.15, -0.1) is 0 Å². The molecule has 0 spiro atoms. The molecule has 192 valence electrons. The van der Waals surface area contributed by atoms with Gasteiger partial charge in [-0.1, -0.05) is 12.1 Å². The van der Waals surface area contributed by atoms with Crippen LogP contribution in [0.5, 0.6) is 0 Å². The van der Waals surface area contributed by atoms with Crippen molar-refractivity contribution < 1.29 is 18.4 Å². The number of likely N-dealkylation sites (N-methyl/N-ethyl adjacent to an activating group) is 1. The Morgan fingerprint density at radius 3 is 2.35 bits per heavy atom. The Morgan fingerprint density at radius 2 is 1.70 bits per heavy atom. The van der Waals surface area contributed by atoms with Crippen molar-refractivity contribution in [2.75, 3.05) is 19.0 Å². The zero-order valence-corrected chi connectivity index (χ0v) is 20.7. The van der Waals surface area contributed by atoms with E-state index >= 15 is 0 Å². The maximum absolute atomic E-state index is 13.6. The van der Waals surface area contributed by atoms with E-state index in [2.05, 4.69) is 15.7 Å². The Hall–Kier alpha value is -4.31. The van der Waals surface area contributed by atoms with Gasteiger partial charge >= 0.3 is 6.03 Å². The van der Waals surface area contributed by atoms with Gasteiger partial charge in [0.15, 0.2) is 0 Å². The number of urea groups is 1. The number of nitrogens with zero attached hydrogens (tertiary/aromatic N) is 4. The summed E-state index contributed by atoms with van der Waals surface area (Å²) in [6.07, 6.45) is 6.60. The highest BCUT2D eigenvalue weighted by Gasteiger charge is 2.32. The summed E-state index contributed by atoms with van der Waals surface area (Å²) in [5.41, 5.74) is 5.58. The third-order valence-corrected chi connectivity index (χ3v) is 6.21. The van der Waals surface area contributed by atoms with Crippen molar-refractivity contribution in [1.29, 1.82) is 0 Å². The smallest absolute Gasteiger partial charge is 0.343 e. The van der Waals surface area contributed by atoms with Gasteiger partial charge in [0, 0.05) is 25.1 Å². The van der Waals surface area contributed by atoms with Crippen molar-refractivity contribution in [2.45, 2.75) is 25.6 Å². The van der Waals surface area contributed by atoms with Crippen LogP contribution in [0.2, 0.25) is 0 Å². The Kier molecular flexibility index (Phi) is 7.78. The number of halogens is 2. The summed E-state index contributed by atoms with van der Waals surface area (Å²) in [6, 6.07) is 12.5. The van der Waals surface area contributed by atoms with Crippen LogP contribution in [0.3, 0.4) is 0 Å². The molecule has 3 amide bonds. The first-order valence-corrected chi connectivity index (χ1v) is 11.7. The molecule has 0 aliphatic carbocycles. The van der Waals surface area contributed by atoms with Crippen LogP contribution in [0.25, 0.3) is 0 Å².